The van der Waals surface area contributed by atoms with E-state index in [0.29, 0.717) is 47.5 Å². The largest absolute Gasteiger partial charge is 0.486 e. The van der Waals surface area contributed by atoms with Crippen molar-refractivity contribution in [1.29, 1.82) is 0 Å². The highest BCUT2D eigenvalue weighted by atomic mass is 35.5. The first kappa shape index (κ1) is 18.8. The molecule has 2 amide bonds. The normalized spacial score (nSPS) is 12.7. The molecule has 1 aliphatic heterocycles. The Morgan fingerprint density at radius 3 is 2.63 bits per heavy atom. The van der Waals surface area contributed by atoms with Gasteiger partial charge in [0.2, 0.25) is 5.91 Å². The monoisotopic (exact) mass is 386 g/mol. The number of halogens is 1. The summed E-state index contributed by atoms with van der Waals surface area (Å²) in [7, 11) is 0. The van der Waals surface area contributed by atoms with E-state index in [1.54, 1.807) is 42.5 Å². The minimum atomic E-state index is -0.299. The van der Waals surface area contributed by atoms with E-state index in [9.17, 15) is 9.59 Å². The van der Waals surface area contributed by atoms with E-state index in [2.05, 4.69) is 10.6 Å². The van der Waals surface area contributed by atoms with Crippen molar-refractivity contribution >= 4 is 35.2 Å². The van der Waals surface area contributed by atoms with Gasteiger partial charge in [-0.05, 0) is 55.0 Å². The van der Waals surface area contributed by atoms with Crippen LogP contribution in [0, 0.1) is 0 Å². The fourth-order valence-corrected chi connectivity index (χ4v) is 2.82. The van der Waals surface area contributed by atoms with Gasteiger partial charge in [0.15, 0.2) is 11.5 Å². The molecule has 0 bridgehead atoms. The van der Waals surface area contributed by atoms with Crippen LogP contribution in [0.1, 0.15) is 22.8 Å². The van der Waals surface area contributed by atoms with Gasteiger partial charge in [-0.25, -0.2) is 0 Å². The van der Waals surface area contributed by atoms with Gasteiger partial charge in [0.25, 0.3) is 5.91 Å². The highest BCUT2D eigenvalue weighted by Crippen LogP contribution is 2.38. The van der Waals surface area contributed by atoms with E-state index < -0.39 is 0 Å². The molecule has 0 saturated heterocycles. The van der Waals surface area contributed by atoms with Gasteiger partial charge in [-0.3, -0.25) is 9.59 Å². The number of hydrogen-bond donors (Lipinski definition) is 2. The van der Waals surface area contributed by atoms with Crippen LogP contribution in [-0.4, -0.2) is 31.6 Å². The summed E-state index contributed by atoms with van der Waals surface area (Å²) in [5, 5.41) is 5.90. The van der Waals surface area contributed by atoms with Gasteiger partial charge in [0, 0.05) is 23.9 Å². The highest BCUT2D eigenvalue weighted by Gasteiger charge is 2.16. The van der Waals surface area contributed by atoms with Gasteiger partial charge in [-0.2, -0.15) is 0 Å². The van der Waals surface area contributed by atoms with Crippen molar-refractivity contribution in [3.8, 4) is 11.5 Å². The molecule has 0 aliphatic carbocycles. The number of amides is 2. The minimum Gasteiger partial charge on any atom is -0.486 e. The molecule has 2 aromatic carbocycles. The van der Waals surface area contributed by atoms with E-state index in [1.807, 2.05) is 6.92 Å². The van der Waals surface area contributed by atoms with Crippen LogP contribution in [0.2, 0.25) is 5.02 Å². The second-order valence-corrected chi connectivity index (χ2v) is 6.19. The number of carbonyl (C=O) groups is 2. The van der Waals surface area contributed by atoms with Crippen molar-refractivity contribution in [1.82, 2.24) is 5.32 Å². The number of anilines is 1. The first-order valence-corrected chi connectivity index (χ1v) is 8.91. The fraction of sp³-hybridized carbons (Fsp3) is 0.200. The number of rotatable bonds is 5. The van der Waals surface area contributed by atoms with Crippen molar-refractivity contribution in [3.63, 3.8) is 0 Å². The molecular formula is C20H19ClN2O4. The van der Waals surface area contributed by atoms with E-state index >= 15 is 0 Å². The Labute approximate surface area is 162 Å². The SMILES string of the molecule is CCNC(=O)c1ccc(NC(=O)/C=C/c2cc(Cl)c3c(c2)OCCO3)cc1. The Hall–Kier alpha value is -2.99. The van der Waals surface area contributed by atoms with Crippen LogP contribution >= 0.6 is 11.6 Å². The van der Waals surface area contributed by atoms with Gasteiger partial charge in [0.1, 0.15) is 13.2 Å². The third kappa shape index (κ3) is 4.80. The second-order valence-electron chi connectivity index (χ2n) is 5.79. The smallest absolute Gasteiger partial charge is 0.251 e. The lowest BCUT2D eigenvalue weighted by Crippen LogP contribution is -2.22. The molecule has 2 aromatic rings. The van der Waals surface area contributed by atoms with Crippen molar-refractivity contribution in [3.05, 3.63) is 58.6 Å². The summed E-state index contributed by atoms with van der Waals surface area (Å²) in [6, 6.07) is 10.1. The Morgan fingerprint density at radius 2 is 1.89 bits per heavy atom. The van der Waals surface area contributed by atoms with Crippen LogP contribution in [0.4, 0.5) is 5.69 Å². The van der Waals surface area contributed by atoms with Crippen LogP contribution < -0.4 is 20.1 Å². The predicted molar refractivity (Wildman–Crippen MR) is 105 cm³/mol. The summed E-state index contributed by atoms with van der Waals surface area (Å²) >= 11 is 6.18. The molecule has 0 aromatic heterocycles. The van der Waals surface area contributed by atoms with Crippen molar-refractivity contribution in [2.75, 3.05) is 25.1 Å². The molecule has 1 aliphatic rings. The standard InChI is InChI=1S/C20H19ClN2O4/c1-2-22-20(25)14-4-6-15(7-5-14)23-18(24)8-3-13-11-16(21)19-17(12-13)26-9-10-27-19/h3-8,11-12H,2,9-10H2,1H3,(H,22,25)(H,23,24)/b8-3+. The van der Waals surface area contributed by atoms with Gasteiger partial charge >= 0.3 is 0 Å². The summed E-state index contributed by atoms with van der Waals surface area (Å²) in [6.07, 6.45) is 3.04. The second kappa shape index (κ2) is 8.60. The lowest BCUT2D eigenvalue weighted by Gasteiger charge is -2.19. The van der Waals surface area contributed by atoms with Crippen LogP contribution in [0.15, 0.2) is 42.5 Å². The molecule has 0 spiro atoms. The van der Waals surface area contributed by atoms with Crippen LogP contribution in [0.25, 0.3) is 6.08 Å². The third-order valence-electron chi connectivity index (χ3n) is 3.80. The average molecular weight is 387 g/mol. The maximum atomic E-state index is 12.1. The predicted octanol–water partition coefficient (Wildman–Crippen LogP) is 3.51. The number of ether oxygens (including phenoxy) is 2. The quantitative estimate of drug-likeness (QED) is 0.771. The summed E-state index contributed by atoms with van der Waals surface area (Å²) < 4.78 is 11.0. The van der Waals surface area contributed by atoms with Gasteiger partial charge < -0.3 is 20.1 Å². The van der Waals surface area contributed by atoms with Crippen molar-refractivity contribution in [2.45, 2.75) is 6.92 Å². The Kier molecular flexibility index (Phi) is 5.98. The zero-order chi connectivity index (χ0) is 19.2. The summed E-state index contributed by atoms with van der Waals surface area (Å²) in [6.45, 7) is 3.34. The lowest BCUT2D eigenvalue weighted by molar-refractivity contribution is -0.111. The van der Waals surface area contributed by atoms with Crippen LogP contribution in [-0.2, 0) is 4.79 Å². The molecule has 2 N–H and O–H groups in total. The van der Waals surface area contributed by atoms with E-state index in [4.69, 9.17) is 21.1 Å². The van der Waals surface area contributed by atoms with E-state index in [1.165, 1.54) is 6.08 Å². The molecule has 1 heterocycles. The first-order valence-electron chi connectivity index (χ1n) is 8.53. The third-order valence-corrected chi connectivity index (χ3v) is 4.08. The molecule has 0 radical (unpaired) electrons. The number of benzene rings is 2. The molecule has 0 saturated carbocycles. The first-order chi connectivity index (χ1) is 13.1. The maximum absolute atomic E-state index is 12.1. The number of carbonyl (C=O) groups excluding carboxylic acids is 2. The Bertz CT molecular complexity index is 878. The molecule has 6 nitrogen and oxygen atoms in total. The number of fused-ring (bicyclic) bond motifs is 1. The Balaban J connectivity index is 1.64. The molecule has 140 valence electrons. The fourth-order valence-electron chi connectivity index (χ4n) is 2.55. The van der Waals surface area contributed by atoms with E-state index in [0.717, 1.165) is 5.56 Å². The molecule has 3 rings (SSSR count). The highest BCUT2D eigenvalue weighted by molar-refractivity contribution is 6.32. The lowest BCUT2D eigenvalue weighted by atomic mass is 10.1. The van der Waals surface area contributed by atoms with Gasteiger partial charge in [-0.15, -0.1) is 0 Å². The zero-order valence-corrected chi connectivity index (χ0v) is 15.5. The number of nitrogens with one attached hydrogen (secondary N) is 2. The molecular weight excluding hydrogens is 368 g/mol. The maximum Gasteiger partial charge on any atom is 0.251 e. The molecule has 27 heavy (non-hydrogen) atoms. The minimum absolute atomic E-state index is 0.147. The summed E-state index contributed by atoms with van der Waals surface area (Å²) in [5.74, 6) is 0.643. The molecule has 0 unspecified atom stereocenters. The summed E-state index contributed by atoms with van der Waals surface area (Å²) in [4.78, 5) is 23.8. The topological polar surface area (TPSA) is 76.7 Å². The van der Waals surface area contributed by atoms with Crippen LogP contribution in [0.3, 0.4) is 0 Å². The van der Waals surface area contributed by atoms with Crippen LogP contribution in [0.5, 0.6) is 11.5 Å². The van der Waals surface area contributed by atoms with Crippen molar-refractivity contribution in [2.24, 2.45) is 0 Å². The van der Waals surface area contributed by atoms with Crippen molar-refractivity contribution < 1.29 is 19.1 Å². The number of hydrogen-bond acceptors (Lipinski definition) is 4. The average Bonchev–Trinajstić information content (AvgIpc) is 2.67. The van der Waals surface area contributed by atoms with Gasteiger partial charge in [0.05, 0.1) is 5.02 Å². The molecule has 7 heteroatoms. The summed E-state index contributed by atoms with van der Waals surface area (Å²) in [5.41, 5.74) is 1.86. The van der Waals surface area contributed by atoms with E-state index in [-0.39, 0.29) is 11.8 Å². The Morgan fingerprint density at radius 1 is 1.15 bits per heavy atom. The van der Waals surface area contributed by atoms with Gasteiger partial charge in [-0.1, -0.05) is 11.6 Å². The molecule has 0 atom stereocenters. The molecule has 0 fully saturated rings. The zero-order valence-electron chi connectivity index (χ0n) is 14.8.